The first kappa shape index (κ1) is 14.1. The third-order valence-corrected chi connectivity index (χ3v) is 4.12. The summed E-state index contributed by atoms with van der Waals surface area (Å²) in [6, 6.07) is 8.34. The molecule has 1 aromatic heterocycles. The van der Waals surface area contributed by atoms with Gasteiger partial charge in [-0.25, -0.2) is 0 Å². The average molecular weight is 276 g/mol. The molecule has 3 nitrogen and oxygen atoms in total. The summed E-state index contributed by atoms with van der Waals surface area (Å²) < 4.78 is 5.38. The smallest absolute Gasteiger partial charge is 0.239 e. The number of hydrogen-bond acceptors (Lipinski definition) is 4. The number of hydrogen-bond donors (Lipinski definition) is 0. The Morgan fingerprint density at radius 2 is 1.89 bits per heavy atom. The van der Waals surface area contributed by atoms with Crippen LogP contribution in [0.2, 0.25) is 0 Å². The first-order chi connectivity index (χ1) is 8.88. The Kier molecular flexibility index (Phi) is 3.99. The zero-order valence-corrected chi connectivity index (χ0v) is 12.9. The van der Waals surface area contributed by atoms with Crippen LogP contribution in [0.5, 0.6) is 0 Å². The third-order valence-electron chi connectivity index (χ3n) is 2.86. The second-order valence-corrected chi connectivity index (χ2v) is 7.11. The Labute approximate surface area is 118 Å². The molecule has 1 atom stereocenters. The Bertz CT molecular complexity index is 557. The fourth-order valence-corrected chi connectivity index (χ4v) is 2.62. The van der Waals surface area contributed by atoms with Gasteiger partial charge in [0.05, 0.1) is 5.25 Å². The number of aromatic nitrogens is 2. The van der Waals surface area contributed by atoms with E-state index in [0.29, 0.717) is 5.89 Å². The van der Waals surface area contributed by atoms with Crippen molar-refractivity contribution in [3.8, 4) is 0 Å². The van der Waals surface area contributed by atoms with Crippen molar-refractivity contribution in [2.45, 2.75) is 50.2 Å². The lowest BCUT2D eigenvalue weighted by Gasteiger charge is -2.11. The molecule has 1 heterocycles. The third kappa shape index (κ3) is 3.38. The van der Waals surface area contributed by atoms with E-state index in [9.17, 15) is 0 Å². The molecule has 0 saturated heterocycles. The molecular weight excluding hydrogens is 256 g/mol. The molecule has 1 unspecified atom stereocenters. The van der Waals surface area contributed by atoms with E-state index in [0.717, 1.165) is 5.82 Å². The second kappa shape index (κ2) is 5.37. The van der Waals surface area contributed by atoms with Crippen molar-refractivity contribution in [3.05, 3.63) is 41.5 Å². The predicted octanol–water partition coefficient (Wildman–Crippen LogP) is 4.53. The molecular formula is C15H20N2OS. The highest BCUT2D eigenvalue weighted by atomic mass is 32.2. The summed E-state index contributed by atoms with van der Waals surface area (Å²) in [7, 11) is 0. The normalized spacial score (nSPS) is 13.5. The van der Waals surface area contributed by atoms with E-state index < -0.39 is 0 Å². The summed E-state index contributed by atoms with van der Waals surface area (Å²) in [6.07, 6.45) is 0. The van der Waals surface area contributed by atoms with E-state index in [1.807, 2.05) is 0 Å². The number of rotatable bonds is 3. The van der Waals surface area contributed by atoms with Crippen molar-refractivity contribution in [2.75, 3.05) is 0 Å². The summed E-state index contributed by atoms with van der Waals surface area (Å²) >= 11 is 1.75. The Morgan fingerprint density at radius 3 is 2.47 bits per heavy atom. The fraction of sp³-hybridized carbons (Fsp3) is 0.467. The fourth-order valence-electron chi connectivity index (χ4n) is 1.63. The molecule has 0 saturated carbocycles. The highest BCUT2D eigenvalue weighted by Gasteiger charge is 2.23. The topological polar surface area (TPSA) is 38.9 Å². The van der Waals surface area contributed by atoms with Gasteiger partial charge in [0.2, 0.25) is 5.89 Å². The van der Waals surface area contributed by atoms with Crippen LogP contribution in [-0.4, -0.2) is 10.1 Å². The number of thioether (sulfide) groups is 1. The molecule has 0 spiro atoms. The minimum atomic E-state index is -0.0746. The van der Waals surface area contributed by atoms with Crippen LogP contribution >= 0.6 is 11.8 Å². The van der Waals surface area contributed by atoms with Gasteiger partial charge in [-0.1, -0.05) is 44.1 Å². The van der Waals surface area contributed by atoms with Gasteiger partial charge in [0.15, 0.2) is 5.82 Å². The van der Waals surface area contributed by atoms with Crippen molar-refractivity contribution in [1.29, 1.82) is 0 Å². The Balaban J connectivity index is 2.15. The van der Waals surface area contributed by atoms with Crippen molar-refractivity contribution in [3.63, 3.8) is 0 Å². The first-order valence-electron chi connectivity index (χ1n) is 6.44. The quantitative estimate of drug-likeness (QED) is 0.772. The van der Waals surface area contributed by atoms with Crippen LogP contribution in [0.4, 0.5) is 0 Å². The Hall–Kier alpha value is -1.29. The molecule has 0 radical (unpaired) electrons. The maximum absolute atomic E-state index is 5.38. The van der Waals surface area contributed by atoms with Crippen molar-refractivity contribution in [2.24, 2.45) is 0 Å². The summed E-state index contributed by atoms with van der Waals surface area (Å²) in [4.78, 5) is 5.76. The van der Waals surface area contributed by atoms with Gasteiger partial charge in [-0.15, -0.1) is 11.8 Å². The molecule has 0 N–H and O–H groups in total. The molecule has 0 aliphatic carbocycles. The first-order valence-corrected chi connectivity index (χ1v) is 7.32. The molecule has 2 rings (SSSR count). The predicted molar refractivity (Wildman–Crippen MR) is 78.4 cm³/mol. The second-order valence-electron chi connectivity index (χ2n) is 5.73. The van der Waals surface area contributed by atoms with Gasteiger partial charge in [0.1, 0.15) is 0 Å². The Morgan fingerprint density at radius 1 is 1.21 bits per heavy atom. The summed E-state index contributed by atoms with van der Waals surface area (Å²) in [5.41, 5.74) is 1.20. The van der Waals surface area contributed by atoms with Crippen LogP contribution in [0.3, 0.4) is 0 Å². The maximum atomic E-state index is 5.38. The van der Waals surface area contributed by atoms with Crippen molar-refractivity contribution < 1.29 is 4.52 Å². The van der Waals surface area contributed by atoms with Crippen LogP contribution in [-0.2, 0) is 5.41 Å². The zero-order valence-electron chi connectivity index (χ0n) is 12.1. The largest absolute Gasteiger partial charge is 0.338 e. The van der Waals surface area contributed by atoms with Gasteiger partial charge >= 0.3 is 0 Å². The number of nitrogens with zero attached hydrogens (tertiary/aromatic N) is 2. The monoisotopic (exact) mass is 276 g/mol. The van der Waals surface area contributed by atoms with Crippen LogP contribution < -0.4 is 0 Å². The van der Waals surface area contributed by atoms with Gasteiger partial charge in [0, 0.05) is 10.3 Å². The zero-order chi connectivity index (χ0) is 14.0. The lowest BCUT2D eigenvalue weighted by atomic mass is 9.96. The lowest BCUT2D eigenvalue weighted by Crippen LogP contribution is -2.13. The molecule has 4 heteroatoms. The molecule has 102 valence electrons. The SMILES string of the molecule is Cc1ccccc1SC(C)c1nc(C(C)(C)C)no1. The van der Waals surface area contributed by atoms with Gasteiger partial charge < -0.3 is 4.52 Å². The minimum Gasteiger partial charge on any atom is -0.338 e. The number of benzene rings is 1. The molecule has 2 aromatic rings. The number of aryl methyl sites for hydroxylation is 1. The van der Waals surface area contributed by atoms with E-state index in [1.165, 1.54) is 10.5 Å². The molecule has 0 amide bonds. The summed E-state index contributed by atoms with van der Waals surface area (Å²) in [6.45, 7) is 10.5. The molecule has 0 aliphatic rings. The van der Waals surface area contributed by atoms with E-state index in [4.69, 9.17) is 4.52 Å². The van der Waals surface area contributed by atoms with E-state index >= 15 is 0 Å². The summed E-state index contributed by atoms with van der Waals surface area (Å²) in [5, 5.41) is 4.23. The molecule has 19 heavy (non-hydrogen) atoms. The van der Waals surface area contributed by atoms with Gasteiger partial charge in [0.25, 0.3) is 0 Å². The molecule has 0 fully saturated rings. The lowest BCUT2D eigenvalue weighted by molar-refractivity contribution is 0.364. The van der Waals surface area contributed by atoms with Gasteiger partial charge in [-0.2, -0.15) is 4.98 Å². The van der Waals surface area contributed by atoms with E-state index in [2.05, 4.69) is 69.0 Å². The molecule has 0 aliphatic heterocycles. The van der Waals surface area contributed by atoms with Gasteiger partial charge in [-0.05, 0) is 25.5 Å². The van der Waals surface area contributed by atoms with Crippen molar-refractivity contribution in [1.82, 2.24) is 10.1 Å². The van der Waals surface area contributed by atoms with Crippen LogP contribution in [0.15, 0.2) is 33.7 Å². The summed E-state index contributed by atoms with van der Waals surface area (Å²) in [5.74, 6) is 1.46. The van der Waals surface area contributed by atoms with E-state index in [-0.39, 0.29) is 10.7 Å². The van der Waals surface area contributed by atoms with Crippen LogP contribution in [0.25, 0.3) is 0 Å². The van der Waals surface area contributed by atoms with Crippen molar-refractivity contribution >= 4 is 11.8 Å². The highest BCUT2D eigenvalue weighted by Crippen LogP contribution is 2.36. The maximum Gasteiger partial charge on any atom is 0.239 e. The van der Waals surface area contributed by atoms with Crippen LogP contribution in [0, 0.1) is 6.92 Å². The average Bonchev–Trinajstić information content (AvgIpc) is 2.81. The minimum absolute atomic E-state index is 0.0746. The molecule has 0 bridgehead atoms. The van der Waals surface area contributed by atoms with Crippen LogP contribution in [0.1, 0.15) is 50.2 Å². The standard InChI is InChI=1S/C15H20N2OS/c1-10-8-6-7-9-12(10)19-11(2)13-16-14(17-18-13)15(3,4)5/h6-9,11H,1-5H3. The van der Waals surface area contributed by atoms with Gasteiger partial charge in [-0.3, -0.25) is 0 Å². The highest BCUT2D eigenvalue weighted by molar-refractivity contribution is 7.99. The molecule has 1 aromatic carbocycles. The van der Waals surface area contributed by atoms with E-state index in [1.54, 1.807) is 11.8 Å².